The molecule has 2 heterocycles. The van der Waals surface area contributed by atoms with Gasteiger partial charge in [0.05, 0.1) is 10.9 Å². The predicted molar refractivity (Wildman–Crippen MR) is 90.2 cm³/mol. The van der Waals surface area contributed by atoms with Crippen LogP contribution in [0.5, 0.6) is 5.75 Å². The summed E-state index contributed by atoms with van der Waals surface area (Å²) >= 11 is 0. The first kappa shape index (κ1) is 15.2. The number of hydrogen-bond acceptors (Lipinski definition) is 4. The number of carbonyl (C=O) groups excluding carboxylic acids is 1. The fourth-order valence-corrected chi connectivity index (χ4v) is 3.13. The zero-order valence-corrected chi connectivity index (χ0v) is 13.6. The molecule has 0 saturated heterocycles. The van der Waals surface area contributed by atoms with Gasteiger partial charge in [0.15, 0.2) is 6.61 Å². The summed E-state index contributed by atoms with van der Waals surface area (Å²) in [7, 11) is 0. The Morgan fingerprint density at radius 2 is 2.17 bits per heavy atom. The Hall–Kier alpha value is -2.37. The van der Waals surface area contributed by atoms with Crippen molar-refractivity contribution in [2.24, 2.45) is 0 Å². The van der Waals surface area contributed by atoms with E-state index in [1.807, 2.05) is 0 Å². The molecule has 0 atom stereocenters. The lowest BCUT2D eigenvalue weighted by molar-refractivity contribution is -0.123. The Kier molecular flexibility index (Phi) is 3.96. The van der Waals surface area contributed by atoms with Crippen LogP contribution in [-0.2, 0) is 17.8 Å². The third-order valence-electron chi connectivity index (χ3n) is 4.60. The molecule has 2 aliphatic rings. The first-order chi connectivity index (χ1) is 11.7. The number of carbonyl (C=O) groups is 1. The molecule has 6 nitrogen and oxygen atoms in total. The number of benzene rings is 1. The molecule has 2 aromatic rings. The summed E-state index contributed by atoms with van der Waals surface area (Å²) in [6, 6.07) is 5.60. The number of nitrogens with zero attached hydrogens (tertiary/aromatic N) is 2. The quantitative estimate of drug-likeness (QED) is 0.929. The molecule has 1 aliphatic heterocycles. The SMILES string of the molecule is O=C(COc1ccc2nc3n(c(=O)c2c1)CCCCC3)NC1CC1. The van der Waals surface area contributed by atoms with E-state index in [-0.39, 0.29) is 18.1 Å². The molecule has 1 fully saturated rings. The van der Waals surface area contributed by atoms with Crippen molar-refractivity contribution in [3.05, 3.63) is 34.4 Å². The lowest BCUT2D eigenvalue weighted by Crippen LogP contribution is -2.30. The topological polar surface area (TPSA) is 73.2 Å². The minimum Gasteiger partial charge on any atom is -0.484 e. The van der Waals surface area contributed by atoms with Crippen LogP contribution in [0.3, 0.4) is 0 Å². The van der Waals surface area contributed by atoms with Gasteiger partial charge in [-0.1, -0.05) is 6.42 Å². The van der Waals surface area contributed by atoms with Crippen LogP contribution in [0.25, 0.3) is 10.9 Å². The summed E-state index contributed by atoms with van der Waals surface area (Å²) < 4.78 is 7.33. The highest BCUT2D eigenvalue weighted by atomic mass is 16.5. The second-order valence-electron chi connectivity index (χ2n) is 6.60. The van der Waals surface area contributed by atoms with E-state index < -0.39 is 0 Å². The van der Waals surface area contributed by atoms with Gasteiger partial charge < -0.3 is 10.1 Å². The fraction of sp³-hybridized carbons (Fsp3) is 0.500. The molecule has 126 valence electrons. The standard InChI is InChI=1S/C18H21N3O3/c22-17(19-12-5-6-12)11-24-13-7-8-15-14(10-13)18(23)21-9-3-1-2-4-16(21)20-15/h7-8,10,12H,1-6,9,11H2,(H,19,22). The Morgan fingerprint density at radius 1 is 1.29 bits per heavy atom. The van der Waals surface area contributed by atoms with Gasteiger partial charge in [-0.3, -0.25) is 14.2 Å². The lowest BCUT2D eigenvalue weighted by atomic mass is 10.2. The number of nitrogens with one attached hydrogen (secondary N) is 1. The Balaban J connectivity index is 1.58. The molecule has 1 N–H and O–H groups in total. The summed E-state index contributed by atoms with van der Waals surface area (Å²) in [5.41, 5.74) is 0.688. The number of aromatic nitrogens is 2. The van der Waals surface area contributed by atoms with Crippen LogP contribution in [0, 0.1) is 0 Å². The second-order valence-corrected chi connectivity index (χ2v) is 6.60. The highest BCUT2D eigenvalue weighted by Crippen LogP contribution is 2.20. The molecule has 4 rings (SSSR count). The minimum absolute atomic E-state index is 0.00946. The number of rotatable bonds is 4. The maximum absolute atomic E-state index is 12.8. The van der Waals surface area contributed by atoms with Crippen molar-refractivity contribution in [2.45, 2.75) is 51.1 Å². The molecule has 0 spiro atoms. The Bertz CT molecular complexity index is 839. The van der Waals surface area contributed by atoms with Gasteiger partial charge in [0.2, 0.25) is 0 Å². The maximum Gasteiger partial charge on any atom is 0.261 e. The van der Waals surface area contributed by atoms with Crippen LogP contribution in [0.15, 0.2) is 23.0 Å². The van der Waals surface area contributed by atoms with Crippen molar-refractivity contribution in [1.82, 2.24) is 14.9 Å². The molecular weight excluding hydrogens is 306 g/mol. The van der Waals surface area contributed by atoms with Crippen LogP contribution in [-0.4, -0.2) is 28.1 Å². The van der Waals surface area contributed by atoms with Crippen LogP contribution in [0.2, 0.25) is 0 Å². The Morgan fingerprint density at radius 3 is 3.00 bits per heavy atom. The van der Waals surface area contributed by atoms with E-state index in [4.69, 9.17) is 4.74 Å². The third kappa shape index (κ3) is 3.13. The first-order valence-corrected chi connectivity index (χ1v) is 8.66. The summed E-state index contributed by atoms with van der Waals surface area (Å²) in [6.45, 7) is 0.702. The van der Waals surface area contributed by atoms with E-state index >= 15 is 0 Å². The summed E-state index contributed by atoms with van der Waals surface area (Å²) in [6.07, 6.45) is 6.17. The van der Waals surface area contributed by atoms with Crippen LogP contribution < -0.4 is 15.6 Å². The van der Waals surface area contributed by atoms with Crippen molar-refractivity contribution < 1.29 is 9.53 Å². The van der Waals surface area contributed by atoms with E-state index in [0.29, 0.717) is 22.7 Å². The molecule has 6 heteroatoms. The molecule has 0 radical (unpaired) electrons. The number of ether oxygens (including phenoxy) is 1. The zero-order chi connectivity index (χ0) is 16.5. The first-order valence-electron chi connectivity index (χ1n) is 8.66. The molecule has 1 aliphatic carbocycles. The molecule has 1 aromatic heterocycles. The van der Waals surface area contributed by atoms with E-state index in [0.717, 1.165) is 50.9 Å². The lowest BCUT2D eigenvalue weighted by Gasteiger charge is -2.11. The molecule has 1 saturated carbocycles. The highest BCUT2D eigenvalue weighted by Gasteiger charge is 2.23. The van der Waals surface area contributed by atoms with Crippen LogP contribution in [0.1, 0.15) is 37.9 Å². The molecule has 24 heavy (non-hydrogen) atoms. The van der Waals surface area contributed by atoms with Crippen molar-refractivity contribution in [3.8, 4) is 5.75 Å². The zero-order valence-electron chi connectivity index (χ0n) is 13.6. The smallest absolute Gasteiger partial charge is 0.261 e. The van der Waals surface area contributed by atoms with Gasteiger partial charge in [-0.15, -0.1) is 0 Å². The fourth-order valence-electron chi connectivity index (χ4n) is 3.13. The normalized spacial score (nSPS) is 17.2. The van der Waals surface area contributed by atoms with Crippen molar-refractivity contribution in [3.63, 3.8) is 0 Å². The Labute approximate surface area is 139 Å². The highest BCUT2D eigenvalue weighted by molar-refractivity contribution is 5.80. The van der Waals surface area contributed by atoms with E-state index in [2.05, 4.69) is 10.3 Å². The largest absolute Gasteiger partial charge is 0.484 e. The van der Waals surface area contributed by atoms with Gasteiger partial charge in [-0.05, 0) is 43.9 Å². The van der Waals surface area contributed by atoms with Gasteiger partial charge in [-0.2, -0.15) is 0 Å². The third-order valence-corrected chi connectivity index (χ3v) is 4.60. The molecular formula is C18H21N3O3. The number of amides is 1. The van der Waals surface area contributed by atoms with Crippen LogP contribution >= 0.6 is 0 Å². The number of aryl methyl sites for hydroxylation is 1. The second kappa shape index (κ2) is 6.26. The number of hydrogen-bond donors (Lipinski definition) is 1. The summed E-state index contributed by atoms with van der Waals surface area (Å²) in [5.74, 6) is 1.29. The summed E-state index contributed by atoms with van der Waals surface area (Å²) in [5, 5.41) is 3.43. The van der Waals surface area contributed by atoms with Crippen molar-refractivity contribution >= 4 is 16.8 Å². The van der Waals surface area contributed by atoms with Gasteiger partial charge in [0.25, 0.3) is 11.5 Å². The number of fused-ring (bicyclic) bond motifs is 2. The maximum atomic E-state index is 12.8. The molecule has 0 unspecified atom stereocenters. The van der Waals surface area contributed by atoms with E-state index in [1.54, 1.807) is 22.8 Å². The minimum atomic E-state index is -0.116. The van der Waals surface area contributed by atoms with E-state index in [9.17, 15) is 9.59 Å². The van der Waals surface area contributed by atoms with Gasteiger partial charge in [-0.25, -0.2) is 4.98 Å². The predicted octanol–water partition coefficient (Wildman–Crippen LogP) is 1.78. The van der Waals surface area contributed by atoms with Gasteiger partial charge in [0, 0.05) is 19.0 Å². The average molecular weight is 327 g/mol. The molecule has 0 bridgehead atoms. The van der Waals surface area contributed by atoms with Crippen molar-refractivity contribution in [1.29, 1.82) is 0 Å². The monoisotopic (exact) mass is 327 g/mol. The average Bonchev–Trinajstić information content (AvgIpc) is 3.40. The van der Waals surface area contributed by atoms with Gasteiger partial charge in [0.1, 0.15) is 11.6 Å². The van der Waals surface area contributed by atoms with E-state index in [1.165, 1.54) is 0 Å². The van der Waals surface area contributed by atoms with Gasteiger partial charge >= 0.3 is 0 Å². The molecule has 1 amide bonds. The van der Waals surface area contributed by atoms with Crippen LogP contribution in [0.4, 0.5) is 0 Å². The molecule has 1 aromatic carbocycles. The van der Waals surface area contributed by atoms with Crippen molar-refractivity contribution in [2.75, 3.05) is 6.61 Å². The summed E-state index contributed by atoms with van der Waals surface area (Å²) in [4.78, 5) is 29.1.